The molecule has 1 aromatic rings. The van der Waals surface area contributed by atoms with E-state index in [1.165, 1.54) is 12.8 Å². The van der Waals surface area contributed by atoms with Crippen LogP contribution in [-0.4, -0.2) is 11.7 Å². The quantitative estimate of drug-likeness (QED) is 0.891. The average Bonchev–Trinajstić information content (AvgIpc) is 3.04. The maximum Gasteiger partial charge on any atom is 0.124 e. The molecule has 0 heterocycles. The van der Waals surface area contributed by atoms with E-state index in [1.54, 1.807) is 0 Å². The monoisotopic (exact) mass is 270 g/mol. The highest BCUT2D eigenvalue weighted by Crippen LogP contribution is 2.32. The molecule has 0 radical (unpaired) electrons. The van der Waals surface area contributed by atoms with Crippen LogP contribution in [0.3, 0.4) is 0 Å². The zero-order valence-corrected chi connectivity index (χ0v) is 10.2. The van der Waals surface area contributed by atoms with Crippen LogP contribution in [0.1, 0.15) is 24.8 Å². The van der Waals surface area contributed by atoms with Gasteiger partial charge in [-0.25, -0.2) is 0 Å². The second-order valence-electron chi connectivity index (χ2n) is 3.99. The summed E-state index contributed by atoms with van der Waals surface area (Å²) in [4.78, 5) is 0. The predicted octanol–water partition coefficient (Wildman–Crippen LogP) is 3.12. The van der Waals surface area contributed by atoms with E-state index in [4.69, 9.17) is 9.84 Å². The van der Waals surface area contributed by atoms with Crippen LogP contribution in [-0.2, 0) is 6.61 Å². The minimum Gasteiger partial charge on any atom is -0.493 e. The lowest BCUT2D eigenvalue weighted by Crippen LogP contribution is -2.01. The molecule has 1 aliphatic rings. The summed E-state index contributed by atoms with van der Waals surface area (Å²) >= 11 is 3.37. The van der Waals surface area contributed by atoms with E-state index >= 15 is 0 Å². The molecule has 1 N–H and O–H groups in total. The van der Waals surface area contributed by atoms with Crippen LogP contribution in [0.5, 0.6) is 5.75 Å². The molecule has 0 unspecified atom stereocenters. The molecule has 82 valence electrons. The first-order valence-electron chi connectivity index (χ1n) is 5.31. The molecule has 1 aliphatic carbocycles. The minimum absolute atomic E-state index is 0.0260. The fourth-order valence-electron chi connectivity index (χ4n) is 1.55. The van der Waals surface area contributed by atoms with Crippen molar-refractivity contribution in [1.29, 1.82) is 0 Å². The first-order chi connectivity index (χ1) is 7.29. The van der Waals surface area contributed by atoms with Gasteiger partial charge in [0.1, 0.15) is 5.75 Å². The van der Waals surface area contributed by atoms with Crippen molar-refractivity contribution in [1.82, 2.24) is 0 Å². The zero-order valence-electron chi connectivity index (χ0n) is 8.58. The third kappa shape index (κ3) is 3.21. The first-order valence-corrected chi connectivity index (χ1v) is 6.11. The summed E-state index contributed by atoms with van der Waals surface area (Å²) < 4.78 is 6.63. The highest BCUT2D eigenvalue weighted by Gasteiger charge is 2.20. The van der Waals surface area contributed by atoms with Crippen LogP contribution in [0.15, 0.2) is 22.7 Å². The van der Waals surface area contributed by atoms with Crippen LogP contribution >= 0.6 is 15.9 Å². The molecule has 0 bridgehead atoms. The van der Waals surface area contributed by atoms with Crippen molar-refractivity contribution in [3.05, 3.63) is 28.2 Å². The van der Waals surface area contributed by atoms with Gasteiger partial charge in [0.25, 0.3) is 0 Å². The smallest absolute Gasteiger partial charge is 0.124 e. The van der Waals surface area contributed by atoms with Crippen LogP contribution < -0.4 is 4.74 Å². The van der Waals surface area contributed by atoms with Crippen molar-refractivity contribution >= 4 is 15.9 Å². The number of ether oxygens (including phenoxy) is 1. The normalized spacial score (nSPS) is 15.3. The fraction of sp³-hybridized carbons (Fsp3) is 0.500. The summed E-state index contributed by atoms with van der Waals surface area (Å²) in [6.07, 6.45) is 3.86. The van der Waals surface area contributed by atoms with Gasteiger partial charge in [0.15, 0.2) is 0 Å². The van der Waals surface area contributed by atoms with Gasteiger partial charge in [-0.1, -0.05) is 28.8 Å². The number of benzene rings is 1. The molecule has 0 amide bonds. The van der Waals surface area contributed by atoms with Gasteiger partial charge in [-0.3, -0.25) is 0 Å². The SMILES string of the molecule is OCc1cc(Br)ccc1OCCC1CC1. The van der Waals surface area contributed by atoms with Gasteiger partial charge in [0, 0.05) is 10.0 Å². The van der Waals surface area contributed by atoms with Gasteiger partial charge >= 0.3 is 0 Å². The molecule has 1 fully saturated rings. The summed E-state index contributed by atoms with van der Waals surface area (Å²) in [7, 11) is 0. The maximum absolute atomic E-state index is 9.16. The fourth-order valence-corrected chi connectivity index (χ4v) is 1.96. The Morgan fingerprint density at radius 3 is 2.87 bits per heavy atom. The van der Waals surface area contributed by atoms with Crippen molar-refractivity contribution in [3.8, 4) is 5.75 Å². The minimum atomic E-state index is 0.0260. The summed E-state index contributed by atoms with van der Waals surface area (Å²) in [5.41, 5.74) is 0.847. The van der Waals surface area contributed by atoms with Gasteiger partial charge in [0.05, 0.1) is 13.2 Å². The standard InChI is InChI=1S/C12H15BrO2/c13-11-3-4-12(10(7-11)8-14)15-6-5-9-1-2-9/h3-4,7,9,14H,1-2,5-6,8H2. The Hall–Kier alpha value is -0.540. The number of aliphatic hydroxyl groups is 1. The molecular weight excluding hydrogens is 256 g/mol. The molecule has 2 nitrogen and oxygen atoms in total. The topological polar surface area (TPSA) is 29.5 Å². The third-order valence-corrected chi connectivity index (χ3v) is 3.17. The molecule has 15 heavy (non-hydrogen) atoms. The average molecular weight is 271 g/mol. The van der Waals surface area contributed by atoms with Gasteiger partial charge in [-0.15, -0.1) is 0 Å². The highest BCUT2D eigenvalue weighted by atomic mass is 79.9. The Morgan fingerprint density at radius 2 is 2.20 bits per heavy atom. The predicted molar refractivity (Wildman–Crippen MR) is 62.9 cm³/mol. The Morgan fingerprint density at radius 1 is 1.40 bits per heavy atom. The van der Waals surface area contributed by atoms with Crippen molar-refractivity contribution in [2.75, 3.05) is 6.61 Å². The second kappa shape index (κ2) is 4.99. The lowest BCUT2D eigenvalue weighted by Gasteiger charge is -2.10. The van der Waals surface area contributed by atoms with E-state index in [0.717, 1.165) is 34.7 Å². The Labute approximate surface area is 98.4 Å². The maximum atomic E-state index is 9.16. The number of hydrogen-bond acceptors (Lipinski definition) is 2. The zero-order chi connectivity index (χ0) is 10.7. The van der Waals surface area contributed by atoms with Crippen molar-refractivity contribution in [2.24, 2.45) is 5.92 Å². The van der Waals surface area contributed by atoms with Gasteiger partial charge in [0.2, 0.25) is 0 Å². The van der Waals surface area contributed by atoms with Gasteiger partial charge in [-0.2, -0.15) is 0 Å². The second-order valence-corrected chi connectivity index (χ2v) is 4.91. The van der Waals surface area contributed by atoms with E-state index in [0.29, 0.717) is 0 Å². The third-order valence-electron chi connectivity index (χ3n) is 2.67. The van der Waals surface area contributed by atoms with Crippen LogP contribution in [0, 0.1) is 5.92 Å². The number of halogens is 1. The lowest BCUT2D eigenvalue weighted by atomic mass is 10.2. The van der Waals surface area contributed by atoms with Crippen LogP contribution in [0.25, 0.3) is 0 Å². The molecule has 0 aromatic heterocycles. The molecule has 1 aromatic carbocycles. The van der Waals surface area contributed by atoms with E-state index in [9.17, 15) is 0 Å². The van der Waals surface area contributed by atoms with Crippen LogP contribution in [0.2, 0.25) is 0 Å². The number of rotatable bonds is 5. The molecule has 0 saturated heterocycles. The van der Waals surface area contributed by atoms with E-state index in [1.807, 2.05) is 18.2 Å². The summed E-state index contributed by atoms with van der Waals surface area (Å²) in [6, 6.07) is 5.74. The molecule has 0 spiro atoms. The summed E-state index contributed by atoms with van der Waals surface area (Å²) in [5, 5.41) is 9.16. The highest BCUT2D eigenvalue weighted by molar-refractivity contribution is 9.10. The van der Waals surface area contributed by atoms with E-state index in [-0.39, 0.29) is 6.61 Å². The molecule has 3 heteroatoms. The van der Waals surface area contributed by atoms with E-state index < -0.39 is 0 Å². The van der Waals surface area contributed by atoms with Gasteiger partial charge in [-0.05, 0) is 30.5 Å². The first kappa shape index (κ1) is 11.0. The summed E-state index contributed by atoms with van der Waals surface area (Å²) in [6.45, 7) is 0.789. The summed E-state index contributed by atoms with van der Waals surface area (Å²) in [5.74, 6) is 1.69. The largest absolute Gasteiger partial charge is 0.493 e. The van der Waals surface area contributed by atoms with Crippen molar-refractivity contribution < 1.29 is 9.84 Å². The molecular formula is C12H15BrO2. The number of aliphatic hydroxyl groups excluding tert-OH is 1. The number of hydrogen-bond donors (Lipinski definition) is 1. The molecule has 1 saturated carbocycles. The van der Waals surface area contributed by atoms with Crippen molar-refractivity contribution in [3.63, 3.8) is 0 Å². The van der Waals surface area contributed by atoms with Gasteiger partial charge < -0.3 is 9.84 Å². The lowest BCUT2D eigenvalue weighted by molar-refractivity contribution is 0.259. The Balaban J connectivity index is 1.92. The van der Waals surface area contributed by atoms with Crippen LogP contribution in [0.4, 0.5) is 0 Å². The van der Waals surface area contributed by atoms with Crippen molar-refractivity contribution in [2.45, 2.75) is 25.9 Å². The Bertz CT molecular complexity index is 334. The molecule has 0 atom stereocenters. The Kier molecular flexibility index (Phi) is 3.65. The van der Waals surface area contributed by atoms with E-state index in [2.05, 4.69) is 15.9 Å². The molecule has 2 rings (SSSR count). The molecule has 0 aliphatic heterocycles.